The number of hydroxylamine groups is 1. The van der Waals surface area contributed by atoms with Crippen LogP contribution in [0.25, 0.3) is 0 Å². The van der Waals surface area contributed by atoms with Crippen molar-refractivity contribution in [3.63, 3.8) is 0 Å². The molecule has 0 aromatic rings. The van der Waals surface area contributed by atoms with Gasteiger partial charge in [0.1, 0.15) is 0 Å². The van der Waals surface area contributed by atoms with Gasteiger partial charge in [-0.15, -0.1) is 0 Å². The number of sulfonamides is 1. The van der Waals surface area contributed by atoms with Crippen LogP contribution in [-0.4, -0.2) is 75.3 Å². The number of unbranched alkanes of at least 4 members (excludes halogenated alkanes) is 3. The highest BCUT2D eigenvalue weighted by molar-refractivity contribution is 7.91. The van der Waals surface area contributed by atoms with E-state index in [1.165, 1.54) is 17.1 Å². The van der Waals surface area contributed by atoms with E-state index in [9.17, 15) is 13.2 Å². The number of carbonyl (C=O) groups excluding carboxylic acids is 1. The van der Waals surface area contributed by atoms with Crippen molar-refractivity contribution in [2.75, 3.05) is 39.5 Å². The van der Waals surface area contributed by atoms with Crippen LogP contribution in [0, 0.1) is 0 Å². The standard InChI is InChI=1S/C22H40N2O7S/c1-2-3-4-6-15-29-19-9-13-24(14-10-19)32(26,27)22(11-17-28-18-12-22)21(25)23-31-20-8-5-7-16-30-20/h19-20H,2-18H2,1H3,(H,23,25). The van der Waals surface area contributed by atoms with Crippen molar-refractivity contribution in [3.05, 3.63) is 0 Å². The van der Waals surface area contributed by atoms with Crippen molar-refractivity contribution in [1.82, 2.24) is 9.79 Å². The maximum Gasteiger partial charge on any atom is 0.266 e. The normalized spacial score (nSPS) is 25.5. The van der Waals surface area contributed by atoms with Crippen LogP contribution in [0.15, 0.2) is 0 Å². The number of carbonyl (C=O) groups is 1. The number of ether oxygens (including phenoxy) is 3. The molecule has 3 saturated heterocycles. The molecule has 0 aromatic heterocycles. The summed E-state index contributed by atoms with van der Waals surface area (Å²) in [5, 5.41) is 0. The Balaban J connectivity index is 1.57. The van der Waals surface area contributed by atoms with Crippen LogP contribution in [0.3, 0.4) is 0 Å². The Morgan fingerprint density at radius 1 is 1.06 bits per heavy atom. The molecule has 0 aliphatic carbocycles. The van der Waals surface area contributed by atoms with Crippen molar-refractivity contribution < 1.29 is 32.3 Å². The fourth-order valence-electron chi connectivity index (χ4n) is 4.58. The van der Waals surface area contributed by atoms with Crippen molar-refractivity contribution in [2.45, 2.75) is 94.7 Å². The highest BCUT2D eigenvalue weighted by atomic mass is 32.2. The van der Waals surface area contributed by atoms with E-state index in [0.717, 1.165) is 32.3 Å². The first-order valence-electron chi connectivity index (χ1n) is 12.3. The molecule has 0 aromatic carbocycles. The Morgan fingerprint density at radius 2 is 1.81 bits per heavy atom. The van der Waals surface area contributed by atoms with Gasteiger partial charge in [-0.05, 0) is 32.1 Å². The lowest BCUT2D eigenvalue weighted by atomic mass is 9.98. The Hall–Kier alpha value is -0.780. The maximum absolute atomic E-state index is 13.7. The molecule has 0 bridgehead atoms. The summed E-state index contributed by atoms with van der Waals surface area (Å²) in [6.07, 6.45) is 8.27. The molecule has 9 nitrogen and oxygen atoms in total. The second-order valence-electron chi connectivity index (χ2n) is 8.99. The summed E-state index contributed by atoms with van der Waals surface area (Å²) in [7, 11) is -3.89. The minimum absolute atomic E-state index is 0.0781. The van der Waals surface area contributed by atoms with Crippen molar-refractivity contribution in [3.8, 4) is 0 Å². The average molecular weight is 477 g/mol. The van der Waals surface area contributed by atoms with Crippen LogP contribution in [0.1, 0.15) is 77.6 Å². The van der Waals surface area contributed by atoms with Gasteiger partial charge in [-0.2, -0.15) is 0 Å². The number of amides is 1. The molecule has 186 valence electrons. The topological polar surface area (TPSA) is 103 Å². The molecule has 32 heavy (non-hydrogen) atoms. The number of nitrogens with zero attached hydrogens (tertiary/aromatic N) is 1. The molecule has 3 rings (SSSR count). The second kappa shape index (κ2) is 12.6. The molecule has 3 aliphatic heterocycles. The van der Waals surface area contributed by atoms with Crippen molar-refractivity contribution in [2.24, 2.45) is 0 Å². The van der Waals surface area contributed by atoms with E-state index < -0.39 is 27.0 Å². The minimum atomic E-state index is -3.89. The number of rotatable bonds is 11. The van der Waals surface area contributed by atoms with E-state index in [-0.39, 0.29) is 32.2 Å². The van der Waals surface area contributed by atoms with Gasteiger partial charge >= 0.3 is 0 Å². The average Bonchev–Trinajstić information content (AvgIpc) is 2.83. The van der Waals surface area contributed by atoms with E-state index in [4.69, 9.17) is 19.0 Å². The molecule has 1 unspecified atom stereocenters. The molecule has 1 atom stereocenters. The highest BCUT2D eigenvalue weighted by Crippen LogP contribution is 2.34. The number of nitrogens with one attached hydrogen (secondary N) is 1. The van der Waals surface area contributed by atoms with Crippen LogP contribution in [0.4, 0.5) is 0 Å². The lowest BCUT2D eigenvalue weighted by Gasteiger charge is -2.41. The second-order valence-corrected chi connectivity index (χ2v) is 11.2. The lowest BCUT2D eigenvalue weighted by Crippen LogP contribution is -2.61. The first-order chi connectivity index (χ1) is 15.5. The third-order valence-electron chi connectivity index (χ3n) is 6.72. The van der Waals surface area contributed by atoms with E-state index in [1.807, 2.05) is 0 Å². The van der Waals surface area contributed by atoms with Crippen LogP contribution in [0.5, 0.6) is 0 Å². The molecular weight excluding hydrogens is 436 g/mol. The van der Waals surface area contributed by atoms with E-state index in [1.54, 1.807) is 0 Å². The van der Waals surface area contributed by atoms with E-state index in [2.05, 4.69) is 12.4 Å². The molecule has 3 fully saturated rings. The summed E-state index contributed by atoms with van der Waals surface area (Å²) >= 11 is 0. The zero-order chi connectivity index (χ0) is 22.9. The minimum Gasteiger partial charge on any atom is -0.381 e. The Kier molecular flexibility index (Phi) is 10.2. The predicted molar refractivity (Wildman–Crippen MR) is 119 cm³/mol. The zero-order valence-electron chi connectivity index (χ0n) is 19.4. The van der Waals surface area contributed by atoms with Gasteiger partial charge in [-0.1, -0.05) is 26.2 Å². The zero-order valence-corrected chi connectivity index (χ0v) is 20.2. The third kappa shape index (κ3) is 6.42. The molecule has 0 spiro atoms. The first kappa shape index (κ1) is 25.8. The van der Waals surface area contributed by atoms with Gasteiger partial charge < -0.3 is 14.2 Å². The summed E-state index contributed by atoms with van der Waals surface area (Å²) in [4.78, 5) is 18.6. The number of piperidine rings is 1. The lowest BCUT2D eigenvalue weighted by molar-refractivity contribution is -0.202. The van der Waals surface area contributed by atoms with Crippen molar-refractivity contribution in [1.29, 1.82) is 0 Å². The molecule has 0 radical (unpaired) electrons. The van der Waals surface area contributed by atoms with Gasteiger partial charge in [-0.25, -0.2) is 23.0 Å². The summed E-state index contributed by atoms with van der Waals surface area (Å²) in [5.41, 5.74) is 2.41. The van der Waals surface area contributed by atoms with Gasteiger partial charge in [0.15, 0.2) is 11.0 Å². The smallest absolute Gasteiger partial charge is 0.266 e. The molecular formula is C22H40N2O7S. The van der Waals surface area contributed by atoms with E-state index in [0.29, 0.717) is 39.0 Å². The van der Waals surface area contributed by atoms with E-state index >= 15 is 0 Å². The number of hydrogen-bond acceptors (Lipinski definition) is 7. The summed E-state index contributed by atoms with van der Waals surface area (Å²) in [6, 6.07) is 0. The largest absolute Gasteiger partial charge is 0.381 e. The summed E-state index contributed by atoms with van der Waals surface area (Å²) < 4.78 is 44.1. The Bertz CT molecular complexity index is 668. The fourth-order valence-corrected chi connectivity index (χ4v) is 6.73. The molecule has 3 heterocycles. The number of hydrogen-bond donors (Lipinski definition) is 1. The predicted octanol–water partition coefficient (Wildman–Crippen LogP) is 2.50. The third-order valence-corrected chi connectivity index (χ3v) is 9.35. The first-order valence-corrected chi connectivity index (χ1v) is 13.7. The summed E-state index contributed by atoms with van der Waals surface area (Å²) in [6.45, 7) is 4.66. The molecule has 1 N–H and O–H groups in total. The molecule has 10 heteroatoms. The maximum atomic E-state index is 13.7. The van der Waals surface area contributed by atoms with Crippen LogP contribution >= 0.6 is 0 Å². The monoisotopic (exact) mass is 476 g/mol. The molecule has 0 saturated carbocycles. The van der Waals surface area contributed by atoms with Crippen LogP contribution in [-0.2, 0) is 33.9 Å². The van der Waals surface area contributed by atoms with Crippen LogP contribution < -0.4 is 5.48 Å². The van der Waals surface area contributed by atoms with Gasteiger partial charge in [0.2, 0.25) is 10.0 Å². The molecule has 1 amide bonds. The van der Waals surface area contributed by atoms with Crippen molar-refractivity contribution >= 4 is 15.9 Å². The Labute approximate surface area is 192 Å². The van der Waals surface area contributed by atoms with Gasteiger partial charge in [0.05, 0.1) is 6.10 Å². The quantitative estimate of drug-likeness (QED) is 0.361. The van der Waals surface area contributed by atoms with Gasteiger partial charge in [-0.3, -0.25) is 4.79 Å². The SMILES string of the molecule is CCCCCCOC1CCN(S(=O)(=O)C2(C(=O)NOC3CCCCO3)CCOCC2)CC1. The molecule has 3 aliphatic rings. The Morgan fingerprint density at radius 3 is 2.47 bits per heavy atom. The van der Waals surface area contributed by atoms with Crippen LogP contribution in [0.2, 0.25) is 0 Å². The highest BCUT2D eigenvalue weighted by Gasteiger charge is 2.54. The summed E-state index contributed by atoms with van der Waals surface area (Å²) in [5.74, 6) is -0.621. The van der Waals surface area contributed by atoms with Gasteiger partial charge in [0.25, 0.3) is 5.91 Å². The van der Waals surface area contributed by atoms with Gasteiger partial charge in [0, 0.05) is 58.8 Å². The fraction of sp³-hybridized carbons (Fsp3) is 0.955.